The number of fused-ring (bicyclic) bond motifs is 1. The smallest absolute Gasteiger partial charge is 0.387 e. The van der Waals surface area contributed by atoms with Crippen LogP contribution in [0, 0.1) is 12.8 Å². The van der Waals surface area contributed by atoms with Crippen molar-refractivity contribution in [2.24, 2.45) is 5.92 Å². The number of nitrogens with zero attached hydrogens (tertiary/aromatic N) is 5. The number of anilines is 2. The SMILES string of the molecule is Cc1cc(Nc2nccn3c(-c4ccc(OC(F)F)cc4)cnc23)ccc1C(=O)N1CCC(C(=O)N(C)CC(O)C(O)C(O)C(O)CO)CC1. The van der Waals surface area contributed by atoms with Crippen LogP contribution in [0.2, 0.25) is 0 Å². The standard InChI is InChI=1S/C34H40F2N6O8/c1-19-15-22(39-30-31-38-16-25(42(31)14-11-37-30)20-3-6-23(7-4-20)50-34(35)36)5-8-24(19)33(49)41-12-9-21(10-13-41)32(48)40(2)17-26(44)28(46)29(47)27(45)18-43/h3-8,11,14-16,21,26-29,34,43-47H,9-10,12-13,17-18H2,1-2H3,(H,37,39). The van der Waals surface area contributed by atoms with Crippen molar-refractivity contribution in [1.29, 1.82) is 0 Å². The van der Waals surface area contributed by atoms with Crippen LogP contribution in [-0.4, -0.2) is 126 Å². The van der Waals surface area contributed by atoms with Gasteiger partial charge in [-0.3, -0.25) is 14.0 Å². The number of carbonyl (C=O) groups excluding carboxylic acids is 2. The van der Waals surface area contributed by atoms with Gasteiger partial charge in [-0.15, -0.1) is 0 Å². The third kappa shape index (κ3) is 8.17. The van der Waals surface area contributed by atoms with Crippen molar-refractivity contribution < 1.29 is 48.6 Å². The average molecular weight is 699 g/mol. The van der Waals surface area contributed by atoms with E-state index in [-0.39, 0.29) is 24.1 Å². The fraction of sp³-hybridized carbons (Fsp3) is 0.412. The van der Waals surface area contributed by atoms with Crippen LogP contribution in [0.25, 0.3) is 16.9 Å². The van der Waals surface area contributed by atoms with Gasteiger partial charge in [0.1, 0.15) is 30.2 Å². The summed E-state index contributed by atoms with van der Waals surface area (Å²) in [5.41, 5.74) is 3.89. The molecule has 2 amide bonds. The molecule has 2 aromatic heterocycles. The van der Waals surface area contributed by atoms with Crippen LogP contribution >= 0.6 is 0 Å². The Bertz CT molecular complexity index is 1780. The molecule has 2 aromatic carbocycles. The number of hydrogen-bond donors (Lipinski definition) is 6. The van der Waals surface area contributed by atoms with Crippen LogP contribution in [0.3, 0.4) is 0 Å². The summed E-state index contributed by atoms with van der Waals surface area (Å²) in [4.78, 5) is 38.4. The van der Waals surface area contributed by atoms with Crippen molar-refractivity contribution in [2.45, 2.75) is 50.8 Å². The number of alkyl halides is 2. The molecule has 0 spiro atoms. The quantitative estimate of drug-likeness (QED) is 0.119. The minimum atomic E-state index is -2.91. The number of likely N-dealkylation sites (N-methyl/N-ethyl adjacent to an activating group) is 1. The topological polar surface area (TPSA) is 193 Å². The Morgan fingerprint density at radius 2 is 1.70 bits per heavy atom. The normalized spacial score (nSPS) is 16.2. The van der Waals surface area contributed by atoms with Gasteiger partial charge in [0.05, 0.1) is 18.5 Å². The van der Waals surface area contributed by atoms with Gasteiger partial charge in [-0.05, 0) is 67.8 Å². The number of aliphatic hydroxyl groups excluding tert-OH is 5. The lowest BCUT2D eigenvalue weighted by molar-refractivity contribution is -0.142. The van der Waals surface area contributed by atoms with E-state index in [1.807, 2.05) is 17.4 Å². The zero-order valence-corrected chi connectivity index (χ0v) is 27.4. The number of aryl methyl sites for hydroxylation is 1. The molecular formula is C34H40F2N6O8. The third-order valence-electron chi connectivity index (χ3n) is 8.82. The van der Waals surface area contributed by atoms with Gasteiger partial charge in [0.25, 0.3) is 5.91 Å². The van der Waals surface area contributed by atoms with Crippen LogP contribution < -0.4 is 10.1 Å². The maximum atomic E-state index is 13.5. The van der Waals surface area contributed by atoms with E-state index >= 15 is 0 Å². The lowest BCUT2D eigenvalue weighted by atomic mass is 9.94. The highest BCUT2D eigenvalue weighted by molar-refractivity contribution is 5.96. The number of amides is 2. The summed E-state index contributed by atoms with van der Waals surface area (Å²) in [7, 11) is 1.46. The Morgan fingerprint density at radius 1 is 1.02 bits per heavy atom. The minimum Gasteiger partial charge on any atom is -0.435 e. The lowest BCUT2D eigenvalue weighted by Gasteiger charge is -2.34. The highest BCUT2D eigenvalue weighted by Gasteiger charge is 2.34. The summed E-state index contributed by atoms with van der Waals surface area (Å²) in [6, 6.07) is 11.5. The molecule has 1 saturated heterocycles. The van der Waals surface area contributed by atoms with E-state index in [2.05, 4.69) is 20.0 Å². The second-order valence-electron chi connectivity index (χ2n) is 12.3. The number of hydrogen-bond acceptors (Lipinski definition) is 11. The minimum absolute atomic E-state index is 0.0501. The molecule has 4 unspecified atom stereocenters. The second-order valence-corrected chi connectivity index (χ2v) is 12.3. The summed E-state index contributed by atoms with van der Waals surface area (Å²) in [6.45, 7) is -1.51. The highest BCUT2D eigenvalue weighted by atomic mass is 19.3. The number of aliphatic hydroxyl groups is 5. The van der Waals surface area contributed by atoms with Crippen molar-refractivity contribution in [1.82, 2.24) is 24.2 Å². The average Bonchev–Trinajstić information content (AvgIpc) is 3.55. The Morgan fingerprint density at radius 3 is 2.34 bits per heavy atom. The molecule has 14 nitrogen and oxygen atoms in total. The van der Waals surface area contributed by atoms with E-state index in [0.29, 0.717) is 48.6 Å². The molecule has 4 aromatic rings. The number of aromatic nitrogens is 3. The molecule has 1 aliphatic rings. The predicted octanol–water partition coefficient (Wildman–Crippen LogP) is 1.80. The molecule has 5 rings (SSSR count). The molecule has 16 heteroatoms. The van der Waals surface area contributed by atoms with Gasteiger partial charge in [-0.1, -0.05) is 0 Å². The zero-order chi connectivity index (χ0) is 36.1. The largest absolute Gasteiger partial charge is 0.435 e. The summed E-state index contributed by atoms with van der Waals surface area (Å²) >= 11 is 0. The van der Waals surface area contributed by atoms with Gasteiger partial charge in [-0.25, -0.2) is 9.97 Å². The number of piperidine rings is 1. The van der Waals surface area contributed by atoms with E-state index in [0.717, 1.165) is 16.8 Å². The van der Waals surface area contributed by atoms with Crippen molar-refractivity contribution >= 4 is 29.0 Å². The fourth-order valence-electron chi connectivity index (χ4n) is 6.00. The summed E-state index contributed by atoms with van der Waals surface area (Å²) < 4.78 is 31.3. The summed E-state index contributed by atoms with van der Waals surface area (Å²) in [5, 5.41) is 51.9. The predicted molar refractivity (Wildman–Crippen MR) is 177 cm³/mol. The van der Waals surface area contributed by atoms with Crippen LogP contribution in [0.5, 0.6) is 5.75 Å². The van der Waals surface area contributed by atoms with Gasteiger partial charge in [0.2, 0.25) is 5.91 Å². The van der Waals surface area contributed by atoms with Crippen molar-refractivity contribution in [3.63, 3.8) is 0 Å². The molecule has 0 bridgehead atoms. The van der Waals surface area contributed by atoms with Gasteiger partial charge >= 0.3 is 6.61 Å². The number of halogens is 2. The first-order valence-electron chi connectivity index (χ1n) is 16.0. The van der Waals surface area contributed by atoms with Gasteiger partial charge in [0, 0.05) is 61.8 Å². The molecule has 6 N–H and O–H groups in total. The zero-order valence-electron chi connectivity index (χ0n) is 27.4. The third-order valence-corrected chi connectivity index (χ3v) is 8.82. The van der Waals surface area contributed by atoms with E-state index in [4.69, 9.17) is 5.11 Å². The highest BCUT2D eigenvalue weighted by Crippen LogP contribution is 2.29. The molecular weight excluding hydrogens is 658 g/mol. The second kappa shape index (κ2) is 15.9. The fourth-order valence-corrected chi connectivity index (χ4v) is 6.00. The van der Waals surface area contributed by atoms with Crippen molar-refractivity contribution in [3.05, 3.63) is 72.2 Å². The molecule has 0 aliphatic carbocycles. The lowest BCUT2D eigenvalue weighted by Crippen LogP contribution is -2.51. The van der Waals surface area contributed by atoms with E-state index in [1.165, 1.54) is 24.1 Å². The molecule has 1 fully saturated rings. The summed E-state index contributed by atoms with van der Waals surface area (Å²) in [6.07, 6.45) is -0.956. The first-order valence-corrected chi connectivity index (χ1v) is 16.0. The van der Waals surface area contributed by atoms with Crippen LogP contribution in [0.4, 0.5) is 20.3 Å². The molecule has 3 heterocycles. The molecule has 268 valence electrons. The van der Waals surface area contributed by atoms with Crippen molar-refractivity contribution in [3.8, 4) is 17.0 Å². The van der Waals surface area contributed by atoms with E-state index < -0.39 is 43.6 Å². The van der Waals surface area contributed by atoms with Gasteiger partial charge < -0.3 is 45.4 Å². The first-order chi connectivity index (χ1) is 23.9. The molecule has 4 atom stereocenters. The number of carbonyl (C=O) groups is 2. The molecule has 1 aliphatic heterocycles. The Kier molecular flexibility index (Phi) is 11.6. The number of nitrogens with one attached hydrogen (secondary N) is 1. The molecule has 0 radical (unpaired) electrons. The van der Waals surface area contributed by atoms with Gasteiger partial charge in [0.15, 0.2) is 11.5 Å². The number of likely N-dealkylation sites (tertiary alicyclic amines) is 1. The van der Waals surface area contributed by atoms with Crippen LogP contribution in [0.15, 0.2) is 61.1 Å². The maximum Gasteiger partial charge on any atom is 0.387 e. The van der Waals surface area contributed by atoms with E-state index in [9.17, 15) is 38.8 Å². The van der Waals surface area contributed by atoms with E-state index in [1.54, 1.807) is 47.8 Å². The first kappa shape index (κ1) is 36.5. The maximum absolute atomic E-state index is 13.5. The number of benzene rings is 2. The van der Waals surface area contributed by atoms with Crippen LogP contribution in [-0.2, 0) is 4.79 Å². The molecule has 0 saturated carbocycles. The summed E-state index contributed by atoms with van der Waals surface area (Å²) in [5.74, 6) is -0.350. The molecule has 50 heavy (non-hydrogen) atoms. The Hall–Kier alpha value is -4.74. The Labute approximate surface area is 286 Å². The van der Waals surface area contributed by atoms with Crippen LogP contribution in [0.1, 0.15) is 28.8 Å². The monoisotopic (exact) mass is 698 g/mol. The van der Waals surface area contributed by atoms with Gasteiger partial charge in [-0.2, -0.15) is 8.78 Å². The Balaban J connectivity index is 1.18. The number of rotatable bonds is 13. The number of imidazole rings is 1. The number of ether oxygens (including phenoxy) is 1. The van der Waals surface area contributed by atoms with Crippen molar-refractivity contribution in [2.75, 3.05) is 38.6 Å².